The second-order valence-corrected chi connectivity index (χ2v) is 2.01. The van der Waals surface area contributed by atoms with Crippen LogP contribution >= 0.6 is 0 Å². The predicted octanol–water partition coefficient (Wildman–Crippen LogP) is 1.89. The first-order chi connectivity index (χ1) is 5.69. The van der Waals surface area contributed by atoms with Crippen molar-refractivity contribution in [2.45, 2.75) is 0 Å². The van der Waals surface area contributed by atoms with E-state index < -0.39 is 11.5 Å². The summed E-state index contributed by atoms with van der Waals surface area (Å²) in [5, 5.41) is 22.6. The third kappa shape index (κ3) is 1.22. The van der Waals surface area contributed by atoms with Crippen molar-refractivity contribution in [3.8, 4) is 11.5 Å². The van der Waals surface area contributed by atoms with Gasteiger partial charge in [-0.1, -0.05) is 0 Å². The van der Waals surface area contributed by atoms with E-state index >= 15 is 0 Å². The Labute approximate surface area is 66.4 Å². The summed E-state index contributed by atoms with van der Waals surface area (Å²) in [7, 11) is 0. The monoisotopic (exact) mass is 168 g/mol. The summed E-state index contributed by atoms with van der Waals surface area (Å²) in [5.41, 5.74) is -0.662. The third-order valence-electron chi connectivity index (χ3n) is 1.27. The van der Waals surface area contributed by atoms with Gasteiger partial charge in [0, 0.05) is 12.1 Å². The van der Waals surface area contributed by atoms with E-state index in [2.05, 4.69) is 10.4 Å². The van der Waals surface area contributed by atoms with Crippen LogP contribution in [0.25, 0.3) is 0 Å². The largest absolute Gasteiger partial charge is 0.505 e. The highest BCUT2D eigenvalue weighted by atomic mass is 16.3. The van der Waals surface area contributed by atoms with Crippen LogP contribution in [0, 0.1) is 9.81 Å². The number of nitrogens with zero attached hydrogens (tertiary/aromatic N) is 2. The molecule has 2 N–H and O–H groups in total. The van der Waals surface area contributed by atoms with Gasteiger partial charge >= 0.3 is 0 Å². The van der Waals surface area contributed by atoms with Crippen molar-refractivity contribution in [2.75, 3.05) is 0 Å². The van der Waals surface area contributed by atoms with Crippen LogP contribution in [0.4, 0.5) is 11.4 Å². The van der Waals surface area contributed by atoms with Gasteiger partial charge in [0.05, 0.1) is 0 Å². The van der Waals surface area contributed by atoms with E-state index in [1.165, 1.54) is 0 Å². The number of hydrogen-bond acceptors (Lipinski definition) is 6. The van der Waals surface area contributed by atoms with Crippen LogP contribution in [0.3, 0.4) is 0 Å². The van der Waals surface area contributed by atoms with E-state index in [1.807, 2.05) is 0 Å². The Morgan fingerprint density at radius 3 is 1.67 bits per heavy atom. The lowest BCUT2D eigenvalue weighted by atomic mass is 10.2. The molecule has 0 saturated heterocycles. The van der Waals surface area contributed by atoms with Crippen LogP contribution in [0.2, 0.25) is 0 Å². The molecule has 0 heterocycles. The van der Waals surface area contributed by atoms with Crippen LogP contribution in [0.5, 0.6) is 11.5 Å². The van der Waals surface area contributed by atoms with E-state index in [4.69, 9.17) is 10.2 Å². The Morgan fingerprint density at radius 1 is 0.917 bits per heavy atom. The number of rotatable bonds is 2. The lowest BCUT2D eigenvalue weighted by Crippen LogP contribution is -1.70. The highest BCUT2D eigenvalue weighted by Crippen LogP contribution is 2.37. The smallest absolute Gasteiger partial charge is 0.152 e. The summed E-state index contributed by atoms with van der Waals surface area (Å²) in [5.74, 6) is -0.982. The van der Waals surface area contributed by atoms with Crippen LogP contribution in [-0.2, 0) is 0 Å². The molecule has 0 radical (unpaired) electrons. The number of phenolic OH excluding ortho intramolecular Hbond substituents is 2. The zero-order valence-electron chi connectivity index (χ0n) is 5.76. The van der Waals surface area contributed by atoms with Gasteiger partial charge in [-0.05, 0) is 10.4 Å². The van der Waals surface area contributed by atoms with E-state index in [1.54, 1.807) is 0 Å². The van der Waals surface area contributed by atoms with Crippen LogP contribution in [0.1, 0.15) is 0 Å². The number of benzene rings is 1. The molecule has 0 aliphatic heterocycles. The summed E-state index contributed by atoms with van der Waals surface area (Å²) >= 11 is 0. The molecule has 62 valence electrons. The van der Waals surface area contributed by atoms with Gasteiger partial charge in [0.1, 0.15) is 11.5 Å². The summed E-state index contributed by atoms with van der Waals surface area (Å²) < 4.78 is 0. The molecule has 0 fully saturated rings. The Hall–Kier alpha value is -1.98. The molecular formula is C6H4N2O4. The fourth-order valence-corrected chi connectivity index (χ4v) is 0.701. The molecule has 0 spiro atoms. The van der Waals surface area contributed by atoms with Gasteiger partial charge in [0.2, 0.25) is 0 Å². The average Bonchev–Trinajstić information content (AvgIpc) is 2.05. The minimum atomic E-state index is -0.491. The van der Waals surface area contributed by atoms with Gasteiger partial charge in [0.15, 0.2) is 11.4 Å². The lowest BCUT2D eigenvalue weighted by molar-refractivity contribution is 0.452. The van der Waals surface area contributed by atoms with Crippen molar-refractivity contribution in [1.29, 1.82) is 0 Å². The zero-order valence-corrected chi connectivity index (χ0v) is 5.76. The van der Waals surface area contributed by atoms with Crippen molar-refractivity contribution in [1.82, 2.24) is 0 Å². The maximum atomic E-state index is 9.97. The van der Waals surface area contributed by atoms with Gasteiger partial charge in [-0.25, -0.2) is 0 Å². The molecule has 1 aromatic rings. The molecule has 12 heavy (non-hydrogen) atoms. The fourth-order valence-electron chi connectivity index (χ4n) is 0.701. The maximum Gasteiger partial charge on any atom is 0.152 e. The van der Waals surface area contributed by atoms with Crippen LogP contribution < -0.4 is 0 Å². The molecule has 1 rings (SSSR count). The van der Waals surface area contributed by atoms with Crippen molar-refractivity contribution >= 4 is 11.4 Å². The van der Waals surface area contributed by atoms with Crippen molar-refractivity contribution in [3.63, 3.8) is 0 Å². The molecule has 6 nitrogen and oxygen atoms in total. The topological polar surface area (TPSA) is 99.3 Å². The van der Waals surface area contributed by atoms with Crippen LogP contribution in [-0.4, -0.2) is 10.2 Å². The number of hydrogen-bond donors (Lipinski definition) is 2. The quantitative estimate of drug-likeness (QED) is 0.658. The van der Waals surface area contributed by atoms with E-state index in [9.17, 15) is 9.81 Å². The molecule has 0 amide bonds. The Kier molecular flexibility index (Phi) is 2.00. The molecule has 0 saturated carbocycles. The first-order valence-electron chi connectivity index (χ1n) is 2.91. The highest BCUT2D eigenvalue weighted by molar-refractivity contribution is 5.65. The van der Waals surface area contributed by atoms with E-state index in [-0.39, 0.29) is 11.4 Å². The maximum absolute atomic E-state index is 9.97. The summed E-state index contributed by atoms with van der Waals surface area (Å²) in [6, 6.07) is 1.72. The number of phenols is 2. The first-order valence-corrected chi connectivity index (χ1v) is 2.91. The Morgan fingerprint density at radius 2 is 1.33 bits per heavy atom. The summed E-state index contributed by atoms with van der Waals surface area (Å²) in [6.07, 6.45) is 0. The molecule has 0 unspecified atom stereocenters. The lowest BCUT2D eigenvalue weighted by Gasteiger charge is -1.97. The summed E-state index contributed by atoms with van der Waals surface area (Å²) in [4.78, 5) is 19.9. The summed E-state index contributed by atoms with van der Waals surface area (Å²) in [6.45, 7) is 0. The van der Waals surface area contributed by atoms with Crippen molar-refractivity contribution in [3.05, 3.63) is 21.9 Å². The molecule has 6 heteroatoms. The van der Waals surface area contributed by atoms with Crippen LogP contribution in [0.15, 0.2) is 22.5 Å². The molecule has 0 aliphatic rings. The fraction of sp³-hybridized carbons (Fsp3) is 0. The Balaban J connectivity index is 3.36. The van der Waals surface area contributed by atoms with Gasteiger partial charge in [-0.2, -0.15) is 0 Å². The van der Waals surface area contributed by atoms with E-state index in [0.717, 1.165) is 12.1 Å². The number of aromatic hydroxyl groups is 2. The van der Waals surface area contributed by atoms with Gasteiger partial charge in [-0.3, -0.25) is 0 Å². The van der Waals surface area contributed by atoms with Gasteiger partial charge in [-0.15, -0.1) is 9.81 Å². The minimum absolute atomic E-state index is 0.331. The molecule has 0 aromatic heterocycles. The second kappa shape index (κ2) is 2.95. The second-order valence-electron chi connectivity index (χ2n) is 2.01. The number of nitroso groups, excluding NO2 is 2. The highest BCUT2D eigenvalue weighted by Gasteiger charge is 2.08. The normalized spacial score (nSPS) is 9.33. The molecule has 1 aromatic carbocycles. The van der Waals surface area contributed by atoms with Gasteiger partial charge in [0.25, 0.3) is 0 Å². The SMILES string of the molecule is O=Nc1cc(N=O)c(O)cc1O. The zero-order chi connectivity index (χ0) is 9.14. The Bertz CT molecular complexity index is 307. The van der Waals surface area contributed by atoms with E-state index in [0.29, 0.717) is 0 Å². The third-order valence-corrected chi connectivity index (χ3v) is 1.27. The standard InChI is InChI=1S/C6H4N2O4/c9-5-2-6(10)4(8-12)1-3(5)7-11/h1-2,9-10H. The van der Waals surface area contributed by atoms with Crippen molar-refractivity contribution < 1.29 is 10.2 Å². The molecule has 0 atom stereocenters. The first kappa shape index (κ1) is 8.12. The average molecular weight is 168 g/mol. The van der Waals surface area contributed by atoms with Gasteiger partial charge < -0.3 is 10.2 Å². The molecule has 0 bridgehead atoms. The minimum Gasteiger partial charge on any atom is -0.505 e. The van der Waals surface area contributed by atoms with Crippen molar-refractivity contribution in [2.24, 2.45) is 10.4 Å². The molecular weight excluding hydrogens is 164 g/mol. The predicted molar refractivity (Wildman–Crippen MR) is 40.7 cm³/mol. The molecule has 0 aliphatic carbocycles.